The molecule has 2 aromatic heterocycles. The van der Waals surface area contributed by atoms with Crippen molar-refractivity contribution in [1.82, 2.24) is 19.4 Å². The number of aromatic nitrogens is 3. The Bertz CT molecular complexity index is 910. The summed E-state index contributed by atoms with van der Waals surface area (Å²) in [6.45, 7) is 7.44. The molecule has 170 valence electrons. The fraction of sp³-hybridized carbons (Fsp3) is 0.474. The van der Waals surface area contributed by atoms with E-state index < -0.39 is 30.8 Å². The van der Waals surface area contributed by atoms with E-state index in [2.05, 4.69) is 26.2 Å². The van der Waals surface area contributed by atoms with Crippen LogP contribution in [0.25, 0.3) is 17.0 Å². The number of imidazole rings is 1. The van der Waals surface area contributed by atoms with Crippen LogP contribution in [-0.4, -0.2) is 65.1 Å². The number of hydrogen-bond acceptors (Lipinski definition) is 6. The lowest BCUT2D eigenvalue weighted by atomic mass is 10.2. The van der Waals surface area contributed by atoms with Crippen LogP contribution in [0.3, 0.4) is 0 Å². The number of pyridine rings is 1. The third-order valence-corrected chi connectivity index (χ3v) is 4.68. The summed E-state index contributed by atoms with van der Waals surface area (Å²) in [7, 11) is 0. The first-order chi connectivity index (χ1) is 14.6. The zero-order valence-corrected chi connectivity index (χ0v) is 16.5. The van der Waals surface area contributed by atoms with Gasteiger partial charge >= 0.3 is 6.36 Å². The Morgan fingerprint density at radius 2 is 2.00 bits per heavy atom. The molecular formula is C19H22F5N5O2. The molecular weight excluding hydrogens is 425 g/mol. The normalized spacial score (nSPS) is 15.4. The molecule has 1 fully saturated rings. The summed E-state index contributed by atoms with van der Waals surface area (Å²) in [5, 5.41) is 0. The SMILES string of the molecule is C=C(CCN1CCOCC1)n1cc(-c2cnc(N)c(OC(F)(F)F)c2)nc1CC(F)F. The van der Waals surface area contributed by atoms with E-state index in [1.807, 2.05) is 0 Å². The number of anilines is 1. The summed E-state index contributed by atoms with van der Waals surface area (Å²) in [6, 6.07) is 1.02. The van der Waals surface area contributed by atoms with Gasteiger partial charge in [-0.15, -0.1) is 13.2 Å². The summed E-state index contributed by atoms with van der Waals surface area (Å²) in [5.41, 5.74) is 6.28. The van der Waals surface area contributed by atoms with Gasteiger partial charge in [0.05, 0.1) is 25.3 Å². The van der Waals surface area contributed by atoms with Crippen molar-refractivity contribution in [3.05, 3.63) is 30.9 Å². The maximum absolute atomic E-state index is 13.1. The minimum atomic E-state index is -4.96. The number of ether oxygens (including phenoxy) is 2. The summed E-state index contributed by atoms with van der Waals surface area (Å²) in [5.74, 6) is -1.10. The Kier molecular flexibility index (Phi) is 7.11. The summed E-state index contributed by atoms with van der Waals surface area (Å²) < 4.78 is 74.5. The molecule has 0 radical (unpaired) electrons. The lowest BCUT2D eigenvalue weighted by Gasteiger charge is -2.27. The first-order valence-electron chi connectivity index (χ1n) is 9.48. The molecule has 2 aromatic rings. The second-order valence-corrected chi connectivity index (χ2v) is 6.93. The van der Waals surface area contributed by atoms with Crippen LogP contribution >= 0.6 is 0 Å². The number of morpholine rings is 1. The monoisotopic (exact) mass is 447 g/mol. The molecule has 0 atom stereocenters. The Labute approximate surface area is 175 Å². The molecule has 0 saturated carbocycles. The number of nitrogens with two attached hydrogens (primary N) is 1. The van der Waals surface area contributed by atoms with Crippen LogP contribution in [0.1, 0.15) is 12.2 Å². The van der Waals surface area contributed by atoms with Crippen molar-refractivity contribution in [3.63, 3.8) is 0 Å². The maximum Gasteiger partial charge on any atom is 0.573 e. The smallest absolute Gasteiger partial charge is 0.402 e. The van der Waals surface area contributed by atoms with Gasteiger partial charge in [-0.2, -0.15) is 0 Å². The molecule has 2 N–H and O–H groups in total. The zero-order chi connectivity index (χ0) is 22.6. The van der Waals surface area contributed by atoms with Crippen LogP contribution in [0.4, 0.5) is 27.8 Å². The second-order valence-electron chi connectivity index (χ2n) is 6.93. The van der Waals surface area contributed by atoms with E-state index in [9.17, 15) is 22.0 Å². The minimum Gasteiger partial charge on any atom is -0.402 e. The molecule has 0 aromatic carbocycles. The van der Waals surface area contributed by atoms with Crippen molar-refractivity contribution >= 4 is 11.5 Å². The van der Waals surface area contributed by atoms with Crippen molar-refractivity contribution in [2.24, 2.45) is 0 Å². The van der Waals surface area contributed by atoms with Crippen LogP contribution < -0.4 is 10.5 Å². The molecule has 31 heavy (non-hydrogen) atoms. The molecule has 12 heteroatoms. The predicted octanol–water partition coefficient (Wildman–Crippen LogP) is 3.43. The van der Waals surface area contributed by atoms with Gasteiger partial charge in [-0.3, -0.25) is 4.90 Å². The number of halogens is 5. The average Bonchev–Trinajstić information content (AvgIpc) is 3.10. The molecule has 1 aliphatic rings. The van der Waals surface area contributed by atoms with Crippen molar-refractivity contribution in [2.75, 3.05) is 38.6 Å². The number of alkyl halides is 5. The lowest BCUT2D eigenvalue weighted by molar-refractivity contribution is -0.274. The van der Waals surface area contributed by atoms with Gasteiger partial charge in [-0.1, -0.05) is 6.58 Å². The van der Waals surface area contributed by atoms with E-state index in [1.165, 1.54) is 17.0 Å². The van der Waals surface area contributed by atoms with Gasteiger partial charge in [-0.25, -0.2) is 18.7 Å². The Morgan fingerprint density at radius 3 is 2.65 bits per heavy atom. The molecule has 1 aliphatic heterocycles. The van der Waals surface area contributed by atoms with Gasteiger partial charge in [0.2, 0.25) is 6.43 Å². The quantitative estimate of drug-likeness (QED) is 0.625. The minimum absolute atomic E-state index is 0.0482. The first kappa shape index (κ1) is 22.9. The number of nitrogens with zero attached hydrogens (tertiary/aromatic N) is 4. The van der Waals surface area contributed by atoms with E-state index in [0.29, 0.717) is 31.9 Å². The maximum atomic E-state index is 13.1. The van der Waals surface area contributed by atoms with Gasteiger partial charge in [0.15, 0.2) is 11.6 Å². The van der Waals surface area contributed by atoms with Crippen molar-refractivity contribution in [1.29, 1.82) is 0 Å². The highest BCUT2D eigenvalue weighted by Gasteiger charge is 2.32. The van der Waals surface area contributed by atoms with Crippen LogP contribution in [0.2, 0.25) is 0 Å². The van der Waals surface area contributed by atoms with Crippen LogP contribution in [-0.2, 0) is 11.2 Å². The highest BCUT2D eigenvalue weighted by molar-refractivity contribution is 5.65. The van der Waals surface area contributed by atoms with Crippen molar-refractivity contribution in [3.8, 4) is 17.0 Å². The second kappa shape index (κ2) is 9.60. The lowest BCUT2D eigenvalue weighted by Crippen LogP contribution is -2.37. The first-order valence-corrected chi connectivity index (χ1v) is 9.48. The van der Waals surface area contributed by atoms with Crippen molar-refractivity contribution < 1.29 is 31.4 Å². The molecule has 0 aliphatic carbocycles. The van der Waals surface area contributed by atoms with E-state index in [4.69, 9.17) is 10.5 Å². The summed E-state index contributed by atoms with van der Waals surface area (Å²) >= 11 is 0. The van der Waals surface area contributed by atoms with Gasteiger partial charge < -0.3 is 19.8 Å². The molecule has 7 nitrogen and oxygen atoms in total. The van der Waals surface area contributed by atoms with Crippen LogP contribution in [0.5, 0.6) is 5.75 Å². The van der Waals surface area contributed by atoms with Gasteiger partial charge in [-0.05, 0) is 6.07 Å². The molecule has 1 saturated heterocycles. The fourth-order valence-corrected chi connectivity index (χ4v) is 3.15. The van der Waals surface area contributed by atoms with Crippen LogP contribution in [0.15, 0.2) is 25.0 Å². The Morgan fingerprint density at radius 1 is 1.29 bits per heavy atom. The largest absolute Gasteiger partial charge is 0.573 e. The summed E-state index contributed by atoms with van der Waals surface area (Å²) in [6.07, 6.45) is -5.10. The third kappa shape index (κ3) is 6.37. The van der Waals surface area contributed by atoms with Gasteiger partial charge in [0, 0.05) is 49.7 Å². The predicted molar refractivity (Wildman–Crippen MR) is 103 cm³/mol. The summed E-state index contributed by atoms with van der Waals surface area (Å²) in [4.78, 5) is 10.0. The van der Waals surface area contributed by atoms with Crippen LogP contribution in [0, 0.1) is 0 Å². The van der Waals surface area contributed by atoms with E-state index >= 15 is 0 Å². The fourth-order valence-electron chi connectivity index (χ4n) is 3.15. The molecule has 3 heterocycles. The molecule has 0 amide bonds. The number of rotatable bonds is 8. The third-order valence-electron chi connectivity index (χ3n) is 4.68. The number of hydrogen-bond donors (Lipinski definition) is 1. The number of nitrogen functional groups attached to an aromatic ring is 1. The molecule has 0 bridgehead atoms. The Balaban J connectivity index is 1.84. The highest BCUT2D eigenvalue weighted by atomic mass is 19.4. The topological polar surface area (TPSA) is 78.4 Å². The zero-order valence-electron chi connectivity index (χ0n) is 16.5. The van der Waals surface area contributed by atoms with E-state index in [1.54, 1.807) is 0 Å². The van der Waals surface area contributed by atoms with E-state index in [-0.39, 0.29) is 17.1 Å². The molecule has 0 unspecified atom stereocenters. The highest BCUT2D eigenvalue weighted by Crippen LogP contribution is 2.31. The van der Waals surface area contributed by atoms with Gasteiger partial charge in [0.25, 0.3) is 0 Å². The van der Waals surface area contributed by atoms with E-state index in [0.717, 1.165) is 19.2 Å². The van der Waals surface area contributed by atoms with Gasteiger partial charge in [0.1, 0.15) is 5.82 Å². The Hall–Kier alpha value is -2.73. The standard InChI is InChI=1S/C19H22F5N5O2/c1-12(2-3-28-4-6-30-7-5-28)29-11-14(27-17(29)9-16(20)21)13-8-15(18(25)26-10-13)31-19(22,23)24/h8,10-11,16H,1-7,9H2,(H2,25,26). The molecule has 3 rings (SSSR count). The van der Waals surface area contributed by atoms with Crippen molar-refractivity contribution in [2.45, 2.75) is 25.6 Å². The average molecular weight is 447 g/mol. The molecule has 0 spiro atoms.